The van der Waals surface area contributed by atoms with Crippen molar-refractivity contribution in [3.8, 4) is 6.07 Å². The molecule has 2 aromatic rings. The van der Waals surface area contributed by atoms with Crippen molar-refractivity contribution in [1.82, 2.24) is 10.2 Å². The van der Waals surface area contributed by atoms with Gasteiger partial charge >= 0.3 is 6.03 Å². The first kappa shape index (κ1) is 18.7. The molecule has 1 aliphatic heterocycles. The van der Waals surface area contributed by atoms with E-state index in [0.29, 0.717) is 11.3 Å². The van der Waals surface area contributed by atoms with Gasteiger partial charge in [0.05, 0.1) is 11.6 Å². The number of hydrogen-bond donors (Lipinski definition) is 2. The quantitative estimate of drug-likeness (QED) is 0.786. The van der Waals surface area contributed by atoms with E-state index in [1.165, 1.54) is 11.1 Å². The Morgan fingerprint density at radius 2 is 1.90 bits per heavy atom. The lowest BCUT2D eigenvalue weighted by molar-refractivity contribution is -0.133. The van der Waals surface area contributed by atoms with Gasteiger partial charge in [-0.2, -0.15) is 5.26 Å². The van der Waals surface area contributed by atoms with Gasteiger partial charge in [-0.3, -0.25) is 14.5 Å². The Labute approximate surface area is 168 Å². The van der Waals surface area contributed by atoms with E-state index < -0.39 is 23.4 Å². The summed E-state index contributed by atoms with van der Waals surface area (Å²) in [4.78, 5) is 38.8. The number of nitriles is 1. The molecule has 0 bridgehead atoms. The number of rotatable bonds is 4. The van der Waals surface area contributed by atoms with Crippen LogP contribution in [0.5, 0.6) is 0 Å². The summed E-state index contributed by atoms with van der Waals surface area (Å²) in [5, 5.41) is 14.2. The Bertz CT molecular complexity index is 1050. The molecule has 1 saturated heterocycles. The van der Waals surface area contributed by atoms with Crippen molar-refractivity contribution in [2.75, 3.05) is 11.9 Å². The number of anilines is 1. The van der Waals surface area contributed by atoms with Crippen LogP contribution in [0.3, 0.4) is 0 Å². The minimum atomic E-state index is -1.19. The van der Waals surface area contributed by atoms with Gasteiger partial charge in [-0.15, -0.1) is 0 Å². The van der Waals surface area contributed by atoms with E-state index in [1.54, 1.807) is 31.2 Å². The first-order valence-electron chi connectivity index (χ1n) is 9.47. The van der Waals surface area contributed by atoms with Crippen LogP contribution in [0.4, 0.5) is 10.5 Å². The summed E-state index contributed by atoms with van der Waals surface area (Å²) in [6, 6.07) is 13.6. The van der Waals surface area contributed by atoms with E-state index in [0.717, 1.165) is 29.7 Å². The van der Waals surface area contributed by atoms with Gasteiger partial charge in [-0.05, 0) is 67.1 Å². The van der Waals surface area contributed by atoms with Crippen LogP contribution in [0, 0.1) is 11.3 Å². The average molecular weight is 388 g/mol. The molecule has 0 saturated carbocycles. The Morgan fingerprint density at radius 1 is 1.17 bits per heavy atom. The van der Waals surface area contributed by atoms with Crippen LogP contribution in [0.25, 0.3) is 0 Å². The normalized spacial score (nSPS) is 20.2. The van der Waals surface area contributed by atoms with Gasteiger partial charge in [0, 0.05) is 5.69 Å². The molecule has 1 aliphatic carbocycles. The standard InChI is InChI=1S/C22H20N4O3/c1-22(17-8-7-15-3-2-4-16(15)11-17)20(28)26(21(29)25-22)13-19(27)24-18-9-5-14(12-23)6-10-18/h5-11H,2-4,13H2,1H3,(H,24,27)(H,25,29). The monoisotopic (exact) mass is 388 g/mol. The van der Waals surface area contributed by atoms with E-state index in [-0.39, 0.29) is 6.54 Å². The molecule has 4 rings (SSSR count). The topological polar surface area (TPSA) is 102 Å². The molecule has 7 heteroatoms. The first-order valence-corrected chi connectivity index (χ1v) is 9.47. The van der Waals surface area contributed by atoms with Gasteiger partial charge in [0.25, 0.3) is 5.91 Å². The third-order valence-corrected chi connectivity index (χ3v) is 5.55. The molecule has 2 aliphatic rings. The van der Waals surface area contributed by atoms with Crippen LogP contribution in [0.15, 0.2) is 42.5 Å². The van der Waals surface area contributed by atoms with Crippen LogP contribution in [0.2, 0.25) is 0 Å². The maximum absolute atomic E-state index is 13.0. The summed E-state index contributed by atoms with van der Waals surface area (Å²) in [7, 11) is 0. The van der Waals surface area contributed by atoms with Crippen molar-refractivity contribution >= 4 is 23.5 Å². The van der Waals surface area contributed by atoms with E-state index in [1.807, 2.05) is 24.3 Å². The molecule has 29 heavy (non-hydrogen) atoms. The summed E-state index contributed by atoms with van der Waals surface area (Å²) in [6.07, 6.45) is 3.10. The summed E-state index contributed by atoms with van der Waals surface area (Å²) < 4.78 is 0. The van der Waals surface area contributed by atoms with Crippen LogP contribution in [-0.2, 0) is 28.0 Å². The second-order valence-corrected chi connectivity index (χ2v) is 7.52. The Kier molecular flexibility index (Phi) is 4.55. The summed E-state index contributed by atoms with van der Waals surface area (Å²) in [5.74, 6) is -0.938. The molecule has 2 N–H and O–H groups in total. The van der Waals surface area contributed by atoms with Gasteiger partial charge in [0.1, 0.15) is 12.1 Å². The molecule has 146 valence electrons. The maximum Gasteiger partial charge on any atom is 0.325 e. The zero-order valence-corrected chi connectivity index (χ0v) is 16.0. The molecule has 1 heterocycles. The minimum Gasteiger partial charge on any atom is -0.325 e. The molecular weight excluding hydrogens is 368 g/mol. The van der Waals surface area contributed by atoms with Crippen molar-refractivity contribution in [1.29, 1.82) is 5.26 Å². The fraction of sp³-hybridized carbons (Fsp3) is 0.273. The van der Waals surface area contributed by atoms with Crippen LogP contribution < -0.4 is 10.6 Å². The van der Waals surface area contributed by atoms with Crippen LogP contribution in [0.1, 0.15) is 35.6 Å². The second-order valence-electron chi connectivity index (χ2n) is 7.52. The van der Waals surface area contributed by atoms with Crippen molar-refractivity contribution in [3.63, 3.8) is 0 Å². The molecule has 4 amide bonds. The molecule has 2 aromatic carbocycles. The van der Waals surface area contributed by atoms with Gasteiger partial charge in [0.2, 0.25) is 5.91 Å². The number of benzene rings is 2. The van der Waals surface area contributed by atoms with E-state index in [2.05, 4.69) is 10.6 Å². The number of carbonyl (C=O) groups excluding carboxylic acids is 3. The Balaban J connectivity index is 1.49. The highest BCUT2D eigenvalue weighted by Crippen LogP contribution is 2.32. The number of carbonyl (C=O) groups is 3. The lowest BCUT2D eigenvalue weighted by atomic mass is 9.89. The summed E-state index contributed by atoms with van der Waals surface area (Å²) in [6.45, 7) is 1.29. The lowest BCUT2D eigenvalue weighted by Crippen LogP contribution is -2.42. The molecule has 1 unspecified atom stereocenters. The second kappa shape index (κ2) is 7.06. The SMILES string of the molecule is CC1(c2ccc3c(c2)CCC3)NC(=O)N(CC(=O)Nc2ccc(C#N)cc2)C1=O. The number of aryl methyl sites for hydroxylation is 2. The third-order valence-electron chi connectivity index (χ3n) is 5.55. The number of hydrogen-bond acceptors (Lipinski definition) is 4. The highest BCUT2D eigenvalue weighted by molar-refractivity contribution is 6.10. The van der Waals surface area contributed by atoms with E-state index >= 15 is 0 Å². The van der Waals surface area contributed by atoms with E-state index in [4.69, 9.17) is 5.26 Å². The zero-order chi connectivity index (χ0) is 20.6. The maximum atomic E-state index is 13.0. The van der Waals surface area contributed by atoms with Gasteiger partial charge in [-0.1, -0.05) is 18.2 Å². The van der Waals surface area contributed by atoms with Gasteiger partial charge < -0.3 is 10.6 Å². The number of amides is 4. The fourth-order valence-corrected chi connectivity index (χ4v) is 3.89. The Hall–Kier alpha value is -3.66. The highest BCUT2D eigenvalue weighted by atomic mass is 16.2. The van der Waals surface area contributed by atoms with Crippen LogP contribution >= 0.6 is 0 Å². The summed E-state index contributed by atoms with van der Waals surface area (Å²) >= 11 is 0. The van der Waals surface area contributed by atoms with Crippen molar-refractivity contribution < 1.29 is 14.4 Å². The number of imide groups is 1. The number of urea groups is 1. The highest BCUT2D eigenvalue weighted by Gasteiger charge is 2.49. The first-order chi connectivity index (χ1) is 13.9. The van der Waals surface area contributed by atoms with Gasteiger partial charge in [0.15, 0.2) is 0 Å². The Morgan fingerprint density at radius 3 is 2.62 bits per heavy atom. The predicted octanol–water partition coefficient (Wildman–Crippen LogP) is 2.45. The third kappa shape index (κ3) is 3.34. The molecule has 0 spiro atoms. The largest absolute Gasteiger partial charge is 0.325 e. The average Bonchev–Trinajstić information content (AvgIpc) is 3.27. The molecule has 0 aromatic heterocycles. The van der Waals surface area contributed by atoms with Crippen molar-refractivity contribution in [2.45, 2.75) is 31.7 Å². The molecular formula is C22H20N4O3. The number of nitrogens with zero attached hydrogens (tertiary/aromatic N) is 2. The van der Waals surface area contributed by atoms with Crippen molar-refractivity contribution in [2.24, 2.45) is 0 Å². The molecule has 1 fully saturated rings. The summed E-state index contributed by atoms with van der Waals surface area (Å²) in [5.41, 5.74) is 3.00. The molecule has 0 radical (unpaired) electrons. The van der Waals surface area contributed by atoms with Gasteiger partial charge in [-0.25, -0.2) is 4.79 Å². The zero-order valence-electron chi connectivity index (χ0n) is 16.0. The smallest absolute Gasteiger partial charge is 0.325 e. The number of fused-ring (bicyclic) bond motifs is 1. The number of nitrogens with one attached hydrogen (secondary N) is 2. The van der Waals surface area contributed by atoms with Crippen LogP contribution in [-0.4, -0.2) is 29.3 Å². The lowest BCUT2D eigenvalue weighted by Gasteiger charge is -2.23. The molecule has 7 nitrogen and oxygen atoms in total. The molecule has 1 atom stereocenters. The van der Waals surface area contributed by atoms with E-state index in [9.17, 15) is 14.4 Å². The predicted molar refractivity (Wildman–Crippen MR) is 106 cm³/mol. The fourth-order valence-electron chi connectivity index (χ4n) is 3.89. The minimum absolute atomic E-state index is 0.384. The van der Waals surface area contributed by atoms with Crippen molar-refractivity contribution in [3.05, 3.63) is 64.7 Å².